The first kappa shape index (κ1) is 39.5. The zero-order chi connectivity index (χ0) is 40.3. The van der Waals surface area contributed by atoms with Crippen molar-refractivity contribution in [1.82, 2.24) is 29.7 Å². The molecule has 0 unspecified atom stereocenters. The summed E-state index contributed by atoms with van der Waals surface area (Å²) >= 11 is 0. The Morgan fingerprint density at radius 2 is 1.89 bits per heavy atom. The largest absolute Gasteiger partial charge is 0.454 e. The summed E-state index contributed by atoms with van der Waals surface area (Å²) in [5.74, 6) is -4.12. The fourth-order valence-electron chi connectivity index (χ4n) is 6.57. The third kappa shape index (κ3) is 7.94. The van der Waals surface area contributed by atoms with Crippen molar-refractivity contribution in [3.63, 3.8) is 0 Å². The summed E-state index contributed by atoms with van der Waals surface area (Å²) in [7, 11) is 1.48. The van der Waals surface area contributed by atoms with Crippen LogP contribution in [0.5, 0.6) is 0 Å². The molecule has 5 aromatic rings. The second-order valence-electron chi connectivity index (χ2n) is 12.9. The number of benzene rings is 2. The van der Waals surface area contributed by atoms with Crippen LogP contribution in [-0.4, -0.2) is 99.8 Å². The van der Waals surface area contributed by atoms with Crippen LogP contribution in [0, 0.1) is 12.7 Å². The number of alkyl halides is 3. The van der Waals surface area contributed by atoms with E-state index >= 15 is 4.39 Å². The molecule has 1 aliphatic rings. The Hall–Kier alpha value is -6.21. The number of hydrogen-bond acceptors (Lipinski definition) is 11. The van der Waals surface area contributed by atoms with Gasteiger partial charge in [-0.3, -0.25) is 28.9 Å². The maximum absolute atomic E-state index is 15.7. The van der Waals surface area contributed by atoms with Crippen molar-refractivity contribution in [3.8, 4) is 5.69 Å². The summed E-state index contributed by atoms with van der Waals surface area (Å²) in [5.41, 5.74) is -1.06. The Morgan fingerprint density at radius 3 is 2.62 bits per heavy atom. The number of aliphatic hydroxyl groups is 1. The molecule has 1 saturated heterocycles. The number of nitrogens with zero attached hydrogens (tertiary/aromatic N) is 5. The minimum absolute atomic E-state index is 0.0300. The van der Waals surface area contributed by atoms with Crippen LogP contribution in [0.4, 0.5) is 23.2 Å². The van der Waals surface area contributed by atoms with Gasteiger partial charge in [0.1, 0.15) is 17.9 Å². The Balaban J connectivity index is 1.36. The van der Waals surface area contributed by atoms with E-state index in [0.29, 0.717) is 16.5 Å². The number of esters is 1. The number of aliphatic hydroxyl groups excluding tert-OH is 1. The maximum atomic E-state index is 15.7. The molecule has 1 fully saturated rings. The van der Waals surface area contributed by atoms with E-state index < -0.39 is 71.9 Å². The summed E-state index contributed by atoms with van der Waals surface area (Å²) in [6.45, 7) is -0.837. The van der Waals surface area contributed by atoms with E-state index in [4.69, 9.17) is 14.6 Å². The number of ether oxygens (including phenoxy) is 2. The molecule has 294 valence electrons. The second-order valence-corrected chi connectivity index (χ2v) is 12.9. The number of fused-ring (bicyclic) bond motifs is 2. The number of morpholine rings is 1. The number of carbonyl (C=O) groups excluding carboxylic acids is 3. The van der Waals surface area contributed by atoms with Gasteiger partial charge in [-0.2, -0.15) is 13.2 Å². The van der Waals surface area contributed by atoms with E-state index in [1.54, 1.807) is 12.1 Å². The highest BCUT2D eigenvalue weighted by Gasteiger charge is 2.45. The van der Waals surface area contributed by atoms with Crippen LogP contribution in [0.2, 0.25) is 0 Å². The van der Waals surface area contributed by atoms with Crippen LogP contribution in [0.15, 0.2) is 70.6 Å². The van der Waals surface area contributed by atoms with Crippen LogP contribution < -0.4 is 26.8 Å². The first-order chi connectivity index (χ1) is 26.7. The van der Waals surface area contributed by atoms with E-state index in [-0.39, 0.29) is 60.6 Å². The molecule has 2 amide bonds. The van der Waals surface area contributed by atoms with Crippen molar-refractivity contribution in [2.45, 2.75) is 31.6 Å². The lowest BCUT2D eigenvalue weighted by molar-refractivity contribution is -0.167. The Morgan fingerprint density at radius 1 is 1.11 bits per heavy atom. The summed E-state index contributed by atoms with van der Waals surface area (Å²) in [6, 6.07) is 6.00. The molecule has 2 atom stereocenters. The molecular formula is C37H35F4N7O8. The monoisotopic (exact) mass is 781 g/mol. The molecule has 0 aliphatic carbocycles. The lowest BCUT2D eigenvalue weighted by Crippen LogP contribution is -2.53. The zero-order valence-corrected chi connectivity index (χ0v) is 29.9. The van der Waals surface area contributed by atoms with Gasteiger partial charge < -0.3 is 30.1 Å². The number of pyridine rings is 2. The first-order valence-corrected chi connectivity index (χ1v) is 17.2. The average molecular weight is 782 g/mol. The molecular weight excluding hydrogens is 746 g/mol. The van der Waals surface area contributed by atoms with Gasteiger partial charge >= 0.3 is 17.8 Å². The van der Waals surface area contributed by atoms with Gasteiger partial charge in [-0.1, -0.05) is 12.1 Å². The normalized spacial score (nSPS) is 15.1. The number of carbonyl (C=O) groups is 3. The SMILES string of the molecule is Cc1cc(N2CCOC[C@@H]2C(F)(F)F)cc(F)c1C(=O)N[C@@H](Cc1ccc(-n2c(=O)c3ccncc3n(C)c2=O)c2ncccc12)C(=O)OCC(=O)NCCO. The summed E-state index contributed by atoms with van der Waals surface area (Å²) in [6.07, 6.45) is -0.781. The highest BCUT2D eigenvalue weighted by molar-refractivity contribution is 5.99. The third-order valence-corrected chi connectivity index (χ3v) is 9.28. The Kier molecular flexibility index (Phi) is 11.5. The molecule has 0 saturated carbocycles. The van der Waals surface area contributed by atoms with Crippen molar-refractivity contribution in [1.29, 1.82) is 0 Å². The predicted octanol–water partition coefficient (Wildman–Crippen LogP) is 1.84. The van der Waals surface area contributed by atoms with E-state index in [0.717, 1.165) is 15.5 Å². The number of aromatic nitrogens is 4. The number of anilines is 1. The van der Waals surface area contributed by atoms with Gasteiger partial charge in [0.25, 0.3) is 17.4 Å². The van der Waals surface area contributed by atoms with Crippen LogP contribution in [0.3, 0.4) is 0 Å². The number of aryl methyl sites for hydroxylation is 2. The topological polar surface area (TPSA) is 187 Å². The molecule has 19 heteroatoms. The second kappa shape index (κ2) is 16.3. The lowest BCUT2D eigenvalue weighted by Gasteiger charge is -2.38. The number of rotatable bonds is 11. The van der Waals surface area contributed by atoms with Crippen LogP contribution in [-0.2, 0) is 32.5 Å². The molecule has 15 nitrogen and oxygen atoms in total. The quantitative estimate of drug-likeness (QED) is 0.131. The molecule has 0 radical (unpaired) electrons. The van der Waals surface area contributed by atoms with Crippen molar-refractivity contribution in [3.05, 3.63) is 104 Å². The third-order valence-electron chi connectivity index (χ3n) is 9.28. The van der Waals surface area contributed by atoms with Crippen molar-refractivity contribution in [2.24, 2.45) is 7.05 Å². The standard InChI is InChI=1S/C37H35F4N7O8/c1-20-14-22(47-11-13-55-18-29(47)37(39,40)41)16-25(38)31(20)33(51)45-26(35(53)56-19-30(50)43-10-12-49)15-21-5-6-27(32-23(21)4-3-8-44-32)48-34(52)24-7-9-42-17-28(24)46(2)36(48)54/h3-9,14,16-17,26,29,49H,10-13,15,18-19H2,1-2H3,(H,43,50)(H,45,51)/t26-,29+/m0/s1. The fourth-order valence-corrected chi connectivity index (χ4v) is 6.57. The van der Waals surface area contributed by atoms with Gasteiger partial charge in [0, 0.05) is 50.0 Å². The first-order valence-electron chi connectivity index (χ1n) is 17.2. The average Bonchev–Trinajstić information content (AvgIpc) is 3.18. The zero-order valence-electron chi connectivity index (χ0n) is 29.9. The van der Waals surface area contributed by atoms with Gasteiger partial charge in [0.05, 0.1) is 53.7 Å². The van der Waals surface area contributed by atoms with Crippen LogP contribution >= 0.6 is 0 Å². The van der Waals surface area contributed by atoms with Crippen molar-refractivity contribution < 1.29 is 46.5 Å². The summed E-state index contributed by atoms with van der Waals surface area (Å²) in [5, 5.41) is 14.3. The smallest absolute Gasteiger partial charge is 0.411 e. The van der Waals surface area contributed by atoms with Gasteiger partial charge in [0.2, 0.25) is 0 Å². The molecule has 3 N–H and O–H groups in total. The van der Waals surface area contributed by atoms with E-state index in [1.165, 1.54) is 61.4 Å². The Bertz CT molecular complexity index is 2430. The van der Waals surface area contributed by atoms with E-state index in [9.17, 15) is 37.1 Å². The highest BCUT2D eigenvalue weighted by atomic mass is 19.4. The van der Waals surface area contributed by atoms with E-state index in [2.05, 4.69) is 20.6 Å². The molecule has 4 heterocycles. The number of halogens is 4. The molecule has 0 spiro atoms. The van der Waals surface area contributed by atoms with Gasteiger partial charge in [-0.15, -0.1) is 0 Å². The predicted molar refractivity (Wildman–Crippen MR) is 193 cm³/mol. The summed E-state index contributed by atoms with van der Waals surface area (Å²) < 4.78 is 69.5. The minimum atomic E-state index is -4.68. The lowest BCUT2D eigenvalue weighted by atomic mass is 9.99. The van der Waals surface area contributed by atoms with Crippen molar-refractivity contribution in [2.75, 3.05) is 44.4 Å². The number of hydrogen-bond donors (Lipinski definition) is 3. The van der Waals surface area contributed by atoms with Gasteiger partial charge in [-0.05, 0) is 48.4 Å². The molecule has 0 bridgehead atoms. The molecule has 2 aromatic carbocycles. The Labute approximate surface area is 314 Å². The molecule has 3 aromatic heterocycles. The molecule has 6 rings (SSSR count). The number of amides is 2. The van der Waals surface area contributed by atoms with Gasteiger partial charge in [-0.25, -0.2) is 18.5 Å². The fraction of sp³-hybridized carbons (Fsp3) is 0.324. The minimum Gasteiger partial charge on any atom is -0.454 e. The van der Waals surface area contributed by atoms with Crippen LogP contribution in [0.1, 0.15) is 21.5 Å². The molecule has 56 heavy (non-hydrogen) atoms. The highest BCUT2D eigenvalue weighted by Crippen LogP contribution is 2.33. The number of nitrogens with one attached hydrogen (secondary N) is 2. The molecule has 1 aliphatic heterocycles. The van der Waals surface area contributed by atoms with Gasteiger partial charge in [0.15, 0.2) is 6.61 Å². The van der Waals surface area contributed by atoms with Crippen molar-refractivity contribution >= 4 is 45.3 Å². The maximum Gasteiger partial charge on any atom is 0.411 e. The van der Waals surface area contributed by atoms with E-state index in [1.807, 2.05) is 0 Å². The van der Waals surface area contributed by atoms with Crippen LogP contribution in [0.25, 0.3) is 27.5 Å². The summed E-state index contributed by atoms with van der Waals surface area (Å²) in [4.78, 5) is 75.9.